The molecule has 0 radical (unpaired) electrons. The van der Waals surface area contributed by atoms with Gasteiger partial charge >= 0.3 is 5.97 Å². The first-order chi connectivity index (χ1) is 6.42. The Kier molecular flexibility index (Phi) is 2.69. The van der Waals surface area contributed by atoms with Crippen molar-refractivity contribution in [2.24, 2.45) is 0 Å². The summed E-state index contributed by atoms with van der Waals surface area (Å²) in [5, 5.41) is 11.5. The first-order valence-corrected chi connectivity index (χ1v) is 4.05. The summed E-state index contributed by atoms with van der Waals surface area (Å²) in [4.78, 5) is 14.1. The van der Waals surface area contributed by atoms with E-state index in [4.69, 9.17) is 5.11 Å². The summed E-state index contributed by atoms with van der Waals surface area (Å²) in [6.07, 6.45) is 1.27. The summed E-state index contributed by atoms with van der Waals surface area (Å²) < 4.78 is 12.6. The molecule has 0 spiro atoms. The fourth-order valence-electron chi connectivity index (χ4n) is 0.895. The molecule has 1 heterocycles. The summed E-state index contributed by atoms with van der Waals surface area (Å²) in [5.74, 6) is -1.65. The predicted molar refractivity (Wildman–Crippen MR) is 49.5 cm³/mol. The number of nitrogens with zero attached hydrogens (tertiary/aromatic N) is 1. The van der Waals surface area contributed by atoms with Gasteiger partial charge in [-0.05, 0) is 19.9 Å². The van der Waals surface area contributed by atoms with Gasteiger partial charge < -0.3 is 10.4 Å². The largest absolute Gasteiger partial charge is 0.480 e. The summed E-state index contributed by atoms with van der Waals surface area (Å²) >= 11 is 0. The number of carboxylic acid groups (broad SMARTS) is 1. The summed E-state index contributed by atoms with van der Waals surface area (Å²) in [6.45, 7) is 2.99. The van der Waals surface area contributed by atoms with Crippen LogP contribution in [0.25, 0.3) is 0 Å². The lowest BCUT2D eigenvalue weighted by molar-refractivity contribution is -0.141. The van der Waals surface area contributed by atoms with Crippen LogP contribution in [-0.2, 0) is 4.79 Å². The highest BCUT2D eigenvalue weighted by Gasteiger charge is 2.26. The molecule has 0 saturated carbocycles. The number of hydrogen-bond acceptors (Lipinski definition) is 3. The topological polar surface area (TPSA) is 62.2 Å². The number of carbonyl (C=O) groups is 1. The van der Waals surface area contributed by atoms with E-state index in [1.807, 2.05) is 0 Å². The third-order valence-electron chi connectivity index (χ3n) is 1.72. The van der Waals surface area contributed by atoms with Crippen molar-refractivity contribution in [2.75, 3.05) is 5.32 Å². The Morgan fingerprint density at radius 2 is 2.29 bits per heavy atom. The molecule has 1 aromatic heterocycles. The molecule has 0 aliphatic carbocycles. The fraction of sp³-hybridized carbons (Fsp3) is 0.333. The van der Waals surface area contributed by atoms with E-state index < -0.39 is 17.5 Å². The minimum atomic E-state index is -1.13. The molecule has 1 rings (SSSR count). The zero-order valence-electron chi connectivity index (χ0n) is 7.91. The minimum absolute atomic E-state index is 0.393. The van der Waals surface area contributed by atoms with Crippen molar-refractivity contribution in [1.82, 2.24) is 4.98 Å². The van der Waals surface area contributed by atoms with Gasteiger partial charge in [-0.3, -0.25) is 0 Å². The molecular formula is C9H11FN2O2. The first kappa shape index (κ1) is 10.4. The van der Waals surface area contributed by atoms with Gasteiger partial charge in [0.1, 0.15) is 5.54 Å². The second-order valence-corrected chi connectivity index (χ2v) is 3.42. The molecule has 0 saturated heterocycles. The Labute approximate surface area is 80.8 Å². The second kappa shape index (κ2) is 3.61. The van der Waals surface area contributed by atoms with E-state index in [-0.39, 0.29) is 0 Å². The average Bonchev–Trinajstić information content (AvgIpc) is 2.02. The van der Waals surface area contributed by atoms with E-state index in [9.17, 15) is 9.18 Å². The number of aliphatic carboxylic acids is 1. The van der Waals surface area contributed by atoms with Crippen LogP contribution in [0.1, 0.15) is 13.8 Å². The summed E-state index contributed by atoms with van der Waals surface area (Å²) in [6, 6.07) is 2.65. The number of pyridine rings is 1. The third-order valence-corrected chi connectivity index (χ3v) is 1.72. The molecule has 2 N–H and O–H groups in total. The van der Waals surface area contributed by atoms with Crippen molar-refractivity contribution in [2.45, 2.75) is 19.4 Å². The van der Waals surface area contributed by atoms with E-state index in [1.54, 1.807) is 0 Å². The maximum atomic E-state index is 12.6. The average molecular weight is 198 g/mol. The number of nitrogens with one attached hydrogen (secondary N) is 1. The summed E-state index contributed by atoms with van der Waals surface area (Å²) in [7, 11) is 0. The van der Waals surface area contributed by atoms with Crippen molar-refractivity contribution in [3.05, 3.63) is 24.3 Å². The number of rotatable bonds is 3. The van der Waals surface area contributed by atoms with Crippen molar-refractivity contribution >= 4 is 11.7 Å². The van der Waals surface area contributed by atoms with Crippen LogP contribution in [0.5, 0.6) is 0 Å². The van der Waals surface area contributed by atoms with Crippen molar-refractivity contribution < 1.29 is 14.3 Å². The lowest BCUT2D eigenvalue weighted by Crippen LogP contribution is -2.39. The molecule has 0 amide bonds. The van der Waals surface area contributed by atoms with E-state index >= 15 is 0 Å². The van der Waals surface area contributed by atoms with Gasteiger partial charge in [-0.2, -0.15) is 4.39 Å². The Morgan fingerprint density at radius 1 is 1.64 bits per heavy atom. The molecule has 0 aliphatic rings. The van der Waals surface area contributed by atoms with Gasteiger partial charge in [0.15, 0.2) is 0 Å². The molecule has 0 unspecified atom stereocenters. The molecule has 14 heavy (non-hydrogen) atoms. The van der Waals surface area contributed by atoms with Gasteiger partial charge in [0.2, 0.25) is 5.95 Å². The number of aromatic nitrogens is 1. The lowest BCUT2D eigenvalue weighted by atomic mass is 10.1. The highest BCUT2D eigenvalue weighted by Crippen LogP contribution is 2.14. The Morgan fingerprint density at radius 3 is 2.79 bits per heavy atom. The molecule has 4 nitrogen and oxygen atoms in total. The second-order valence-electron chi connectivity index (χ2n) is 3.42. The lowest BCUT2D eigenvalue weighted by Gasteiger charge is -2.22. The monoisotopic (exact) mass is 198 g/mol. The summed E-state index contributed by atoms with van der Waals surface area (Å²) in [5.41, 5.74) is -0.738. The van der Waals surface area contributed by atoms with Crippen LogP contribution in [0.3, 0.4) is 0 Å². The Hall–Kier alpha value is -1.65. The van der Waals surface area contributed by atoms with Crippen LogP contribution >= 0.6 is 0 Å². The van der Waals surface area contributed by atoms with Crippen molar-refractivity contribution in [3.8, 4) is 0 Å². The maximum Gasteiger partial charge on any atom is 0.328 e. The molecule has 0 atom stereocenters. The fourth-order valence-corrected chi connectivity index (χ4v) is 0.895. The quantitative estimate of drug-likeness (QED) is 0.722. The molecule has 1 aromatic rings. The predicted octanol–water partition coefficient (Wildman–Crippen LogP) is 1.50. The zero-order valence-corrected chi connectivity index (χ0v) is 7.91. The number of hydrogen-bond donors (Lipinski definition) is 2. The van der Waals surface area contributed by atoms with E-state index in [0.29, 0.717) is 5.69 Å². The van der Waals surface area contributed by atoms with Gasteiger partial charge in [-0.25, -0.2) is 9.78 Å². The molecule has 0 aromatic carbocycles. The Balaban J connectivity index is 2.83. The normalized spacial score (nSPS) is 11.1. The molecule has 76 valence electrons. The zero-order chi connectivity index (χ0) is 10.8. The van der Waals surface area contributed by atoms with Crippen LogP contribution in [0, 0.1) is 5.95 Å². The van der Waals surface area contributed by atoms with Gasteiger partial charge in [0.25, 0.3) is 0 Å². The van der Waals surface area contributed by atoms with Gasteiger partial charge in [0.05, 0.1) is 0 Å². The third kappa shape index (κ3) is 2.42. The highest BCUT2D eigenvalue weighted by atomic mass is 19.1. The minimum Gasteiger partial charge on any atom is -0.480 e. The first-order valence-electron chi connectivity index (χ1n) is 4.05. The van der Waals surface area contributed by atoms with Crippen LogP contribution in [-0.4, -0.2) is 21.6 Å². The van der Waals surface area contributed by atoms with Crippen LogP contribution in [0.2, 0.25) is 0 Å². The smallest absolute Gasteiger partial charge is 0.328 e. The van der Waals surface area contributed by atoms with Gasteiger partial charge in [0, 0.05) is 18.0 Å². The van der Waals surface area contributed by atoms with E-state index in [2.05, 4.69) is 10.3 Å². The maximum absolute atomic E-state index is 12.6. The van der Waals surface area contributed by atoms with Crippen molar-refractivity contribution in [1.29, 1.82) is 0 Å². The van der Waals surface area contributed by atoms with Crippen LogP contribution in [0.4, 0.5) is 10.1 Å². The van der Waals surface area contributed by atoms with Crippen molar-refractivity contribution in [3.63, 3.8) is 0 Å². The SMILES string of the molecule is CC(C)(Nc1ccnc(F)c1)C(=O)O. The van der Waals surface area contributed by atoms with Crippen LogP contribution < -0.4 is 5.32 Å². The van der Waals surface area contributed by atoms with E-state index in [0.717, 1.165) is 6.07 Å². The van der Waals surface area contributed by atoms with Gasteiger partial charge in [-0.1, -0.05) is 0 Å². The number of anilines is 1. The molecule has 0 bridgehead atoms. The number of halogens is 1. The number of carboxylic acids is 1. The highest BCUT2D eigenvalue weighted by molar-refractivity contribution is 5.81. The molecular weight excluding hydrogens is 187 g/mol. The standard InChI is InChI=1S/C9H11FN2O2/c1-9(2,8(13)14)12-6-3-4-11-7(10)5-6/h3-5H,1-2H3,(H,11,12)(H,13,14). The van der Waals surface area contributed by atoms with Crippen LogP contribution in [0.15, 0.2) is 18.3 Å². The van der Waals surface area contributed by atoms with Gasteiger partial charge in [-0.15, -0.1) is 0 Å². The Bertz CT molecular complexity index is 352. The molecule has 0 fully saturated rings. The molecule has 0 aliphatic heterocycles. The molecule has 5 heteroatoms. The van der Waals surface area contributed by atoms with E-state index in [1.165, 1.54) is 26.1 Å².